The monoisotopic (exact) mass is 402 g/mol. The molecule has 0 spiro atoms. The molecule has 154 valence electrons. The van der Waals surface area contributed by atoms with Crippen LogP contribution >= 0.6 is 0 Å². The number of alkyl halides is 1. The molecular formula is C20H23FN4O4. The quantitative estimate of drug-likeness (QED) is 0.607. The van der Waals surface area contributed by atoms with Gasteiger partial charge < -0.3 is 9.47 Å². The van der Waals surface area contributed by atoms with Crippen molar-refractivity contribution in [1.29, 1.82) is 0 Å². The van der Waals surface area contributed by atoms with Gasteiger partial charge in [-0.15, -0.1) is 0 Å². The molecule has 0 saturated heterocycles. The summed E-state index contributed by atoms with van der Waals surface area (Å²) in [5.41, 5.74) is 0.0260. The molecule has 3 aromatic rings. The average Bonchev–Trinajstić information content (AvgIpc) is 3.11. The fraction of sp³-hybridized carbons (Fsp3) is 0.350. The summed E-state index contributed by atoms with van der Waals surface area (Å²) in [5, 5.41) is 0. The van der Waals surface area contributed by atoms with Gasteiger partial charge in [0, 0.05) is 13.1 Å². The Hall–Kier alpha value is -3.36. The van der Waals surface area contributed by atoms with Crippen LogP contribution in [0, 0.1) is 0 Å². The predicted octanol–water partition coefficient (Wildman–Crippen LogP) is 2.51. The van der Waals surface area contributed by atoms with Gasteiger partial charge in [0.25, 0.3) is 5.56 Å². The van der Waals surface area contributed by atoms with Crippen LogP contribution in [0.1, 0.15) is 25.2 Å². The Labute approximate surface area is 166 Å². The highest BCUT2D eigenvalue weighted by atomic mass is 19.1. The molecule has 0 aliphatic rings. The maximum Gasteiger partial charge on any atom is 0.332 e. The molecule has 1 aromatic carbocycles. The predicted molar refractivity (Wildman–Crippen MR) is 109 cm³/mol. The number of fused-ring (bicyclic) bond motifs is 1. The number of nitrogens with zero attached hydrogens (tertiary/aromatic N) is 4. The number of imidazole rings is 1. The summed E-state index contributed by atoms with van der Waals surface area (Å²) in [4.78, 5) is 29.6. The van der Waals surface area contributed by atoms with E-state index in [9.17, 15) is 14.0 Å². The van der Waals surface area contributed by atoms with Crippen LogP contribution in [-0.2, 0) is 19.9 Å². The fourth-order valence-electron chi connectivity index (χ4n) is 3.25. The lowest BCUT2D eigenvalue weighted by Gasteiger charge is -2.08. The van der Waals surface area contributed by atoms with E-state index in [4.69, 9.17) is 9.47 Å². The number of halogens is 1. The Balaban J connectivity index is 2.18. The zero-order valence-electron chi connectivity index (χ0n) is 16.8. The third-order valence-electron chi connectivity index (χ3n) is 4.73. The first kappa shape index (κ1) is 20.4. The zero-order valence-corrected chi connectivity index (χ0v) is 16.8. The Bertz CT molecular complexity index is 1190. The van der Waals surface area contributed by atoms with E-state index in [0.717, 1.165) is 10.1 Å². The summed E-state index contributed by atoms with van der Waals surface area (Å²) in [6, 6.07) is 5.33. The van der Waals surface area contributed by atoms with Crippen LogP contribution in [0.4, 0.5) is 4.39 Å². The van der Waals surface area contributed by atoms with Gasteiger partial charge in [0.05, 0.1) is 14.2 Å². The molecular weight excluding hydrogens is 379 g/mol. The molecule has 2 aromatic heterocycles. The van der Waals surface area contributed by atoms with Crippen molar-refractivity contribution < 1.29 is 13.9 Å². The van der Waals surface area contributed by atoms with E-state index < -0.39 is 18.0 Å². The molecule has 0 unspecified atom stereocenters. The number of benzene rings is 1. The number of hydrogen-bond acceptors (Lipinski definition) is 5. The standard InChI is InChI=1S/C20H23FN4O4/c1-5-23-18-17(19(26)24(6-2)20(23)27)25(12-21)16(22-18)10-8-13-7-9-14(28-3)15(11-13)29-4/h7-11H,5-6,12H2,1-4H3/b10-8+. The molecule has 0 aliphatic heterocycles. The van der Waals surface area contributed by atoms with Crippen molar-refractivity contribution in [2.24, 2.45) is 0 Å². The summed E-state index contributed by atoms with van der Waals surface area (Å²) in [7, 11) is 3.09. The highest BCUT2D eigenvalue weighted by Gasteiger charge is 2.19. The Morgan fingerprint density at radius 1 is 1.00 bits per heavy atom. The lowest BCUT2D eigenvalue weighted by molar-refractivity contribution is 0.355. The molecule has 2 heterocycles. The third-order valence-corrected chi connectivity index (χ3v) is 4.73. The van der Waals surface area contributed by atoms with E-state index in [-0.39, 0.29) is 23.5 Å². The largest absolute Gasteiger partial charge is 0.493 e. The van der Waals surface area contributed by atoms with Crippen LogP contribution in [-0.4, -0.2) is 32.9 Å². The van der Waals surface area contributed by atoms with Gasteiger partial charge in [0.1, 0.15) is 5.82 Å². The molecule has 9 heteroatoms. The molecule has 0 saturated carbocycles. The third kappa shape index (κ3) is 3.43. The van der Waals surface area contributed by atoms with Crippen molar-refractivity contribution >= 4 is 23.3 Å². The van der Waals surface area contributed by atoms with Gasteiger partial charge >= 0.3 is 5.69 Å². The lowest BCUT2D eigenvalue weighted by Crippen LogP contribution is -2.40. The number of methoxy groups -OCH3 is 2. The first-order valence-electron chi connectivity index (χ1n) is 9.20. The second-order valence-corrected chi connectivity index (χ2v) is 6.21. The summed E-state index contributed by atoms with van der Waals surface area (Å²) >= 11 is 0. The van der Waals surface area contributed by atoms with Crippen LogP contribution < -0.4 is 20.7 Å². The van der Waals surface area contributed by atoms with Gasteiger partial charge in [-0.2, -0.15) is 0 Å². The molecule has 0 radical (unpaired) electrons. The van der Waals surface area contributed by atoms with Crippen LogP contribution in [0.15, 0.2) is 27.8 Å². The minimum atomic E-state index is -0.941. The smallest absolute Gasteiger partial charge is 0.332 e. The number of hydrogen-bond donors (Lipinski definition) is 0. The van der Waals surface area contributed by atoms with Crippen LogP contribution in [0.25, 0.3) is 23.3 Å². The molecule has 0 N–H and O–H groups in total. The molecule has 0 bridgehead atoms. The highest BCUT2D eigenvalue weighted by molar-refractivity contribution is 5.77. The molecule has 3 rings (SSSR count). The van der Waals surface area contributed by atoms with E-state index in [2.05, 4.69) is 4.98 Å². The summed E-state index contributed by atoms with van der Waals surface area (Å²) in [6.07, 6.45) is 3.32. The number of aromatic nitrogens is 4. The minimum Gasteiger partial charge on any atom is -0.493 e. The number of rotatable bonds is 7. The molecule has 0 fully saturated rings. The molecule has 0 amide bonds. The highest BCUT2D eigenvalue weighted by Crippen LogP contribution is 2.28. The average molecular weight is 402 g/mol. The molecule has 0 aliphatic carbocycles. The Morgan fingerprint density at radius 2 is 1.69 bits per heavy atom. The van der Waals surface area contributed by atoms with Crippen molar-refractivity contribution in [3.05, 3.63) is 50.4 Å². The van der Waals surface area contributed by atoms with Gasteiger partial charge in [-0.25, -0.2) is 14.2 Å². The van der Waals surface area contributed by atoms with Gasteiger partial charge in [0.2, 0.25) is 0 Å². The van der Waals surface area contributed by atoms with E-state index in [1.54, 1.807) is 45.2 Å². The van der Waals surface area contributed by atoms with Gasteiger partial charge in [-0.05, 0) is 37.6 Å². The second kappa shape index (κ2) is 8.34. The van der Waals surface area contributed by atoms with Gasteiger partial charge in [0.15, 0.2) is 29.5 Å². The SMILES string of the molecule is CCn1c(=O)c2c(nc(/C=C/c3ccc(OC)c(OC)c3)n2CF)n(CC)c1=O. The molecule has 0 atom stereocenters. The van der Waals surface area contributed by atoms with E-state index in [1.807, 2.05) is 6.07 Å². The number of aryl methyl sites for hydroxylation is 1. The summed E-state index contributed by atoms with van der Waals surface area (Å²) in [6.45, 7) is 3.05. The second-order valence-electron chi connectivity index (χ2n) is 6.21. The summed E-state index contributed by atoms with van der Waals surface area (Å²) < 4.78 is 28.0. The Kier molecular flexibility index (Phi) is 5.86. The first-order valence-corrected chi connectivity index (χ1v) is 9.20. The van der Waals surface area contributed by atoms with E-state index >= 15 is 0 Å². The van der Waals surface area contributed by atoms with Crippen molar-refractivity contribution in [2.75, 3.05) is 14.2 Å². The molecule has 8 nitrogen and oxygen atoms in total. The van der Waals surface area contributed by atoms with Crippen molar-refractivity contribution in [3.8, 4) is 11.5 Å². The summed E-state index contributed by atoms with van der Waals surface area (Å²) in [5.74, 6) is 1.39. The van der Waals surface area contributed by atoms with Crippen LogP contribution in [0.5, 0.6) is 11.5 Å². The lowest BCUT2D eigenvalue weighted by atomic mass is 10.2. The molecule has 29 heavy (non-hydrogen) atoms. The number of ether oxygens (including phenoxy) is 2. The maximum absolute atomic E-state index is 13.9. The van der Waals surface area contributed by atoms with Gasteiger partial charge in [-0.3, -0.25) is 18.5 Å². The topological polar surface area (TPSA) is 80.3 Å². The zero-order chi connectivity index (χ0) is 21.1. The fourth-order valence-corrected chi connectivity index (χ4v) is 3.25. The van der Waals surface area contributed by atoms with Crippen molar-refractivity contribution in [1.82, 2.24) is 18.7 Å². The normalized spacial score (nSPS) is 11.5. The van der Waals surface area contributed by atoms with E-state index in [0.29, 0.717) is 18.0 Å². The Morgan fingerprint density at radius 3 is 2.28 bits per heavy atom. The van der Waals surface area contributed by atoms with Crippen molar-refractivity contribution in [3.63, 3.8) is 0 Å². The van der Waals surface area contributed by atoms with Crippen molar-refractivity contribution in [2.45, 2.75) is 33.7 Å². The van der Waals surface area contributed by atoms with Crippen LogP contribution in [0.3, 0.4) is 0 Å². The minimum absolute atomic E-state index is 0.0720. The maximum atomic E-state index is 13.9. The van der Waals surface area contributed by atoms with E-state index in [1.165, 1.54) is 16.2 Å². The van der Waals surface area contributed by atoms with Gasteiger partial charge in [-0.1, -0.05) is 12.1 Å². The van der Waals surface area contributed by atoms with Crippen LogP contribution in [0.2, 0.25) is 0 Å². The first-order chi connectivity index (χ1) is 14.0.